The number of benzene rings is 2. The van der Waals surface area contributed by atoms with Crippen LogP contribution in [0.2, 0.25) is 5.02 Å². The molecular formula is C18H14ClFN4O. The molecule has 126 valence electrons. The molecule has 0 radical (unpaired) electrons. The summed E-state index contributed by atoms with van der Waals surface area (Å²) < 4.78 is 21.2. The first-order valence-corrected chi connectivity index (χ1v) is 8.02. The Kier molecular flexibility index (Phi) is 3.89. The zero-order valence-electron chi connectivity index (χ0n) is 13.3. The highest BCUT2D eigenvalue weighted by Gasteiger charge is 2.27. The van der Waals surface area contributed by atoms with Gasteiger partial charge in [-0.15, -0.1) is 0 Å². The molecule has 0 aliphatic carbocycles. The van der Waals surface area contributed by atoms with Gasteiger partial charge in [-0.3, -0.25) is 0 Å². The van der Waals surface area contributed by atoms with Gasteiger partial charge in [-0.1, -0.05) is 17.7 Å². The maximum absolute atomic E-state index is 14.5. The first-order chi connectivity index (χ1) is 12.2. The van der Waals surface area contributed by atoms with Crippen molar-refractivity contribution < 1.29 is 9.13 Å². The van der Waals surface area contributed by atoms with Gasteiger partial charge >= 0.3 is 0 Å². The first kappa shape index (κ1) is 15.7. The Labute approximate surface area is 148 Å². The number of allylic oxidation sites excluding steroid dienone is 1. The summed E-state index contributed by atoms with van der Waals surface area (Å²) in [5, 5.41) is 7.76. The molecule has 3 aromatic rings. The van der Waals surface area contributed by atoms with Crippen molar-refractivity contribution in [2.24, 2.45) is 0 Å². The molecule has 0 amide bonds. The van der Waals surface area contributed by atoms with Crippen LogP contribution in [0.1, 0.15) is 17.2 Å². The van der Waals surface area contributed by atoms with Gasteiger partial charge in [0.2, 0.25) is 5.95 Å². The monoisotopic (exact) mass is 356 g/mol. The molecule has 1 N–H and O–H groups in total. The van der Waals surface area contributed by atoms with E-state index in [9.17, 15) is 4.39 Å². The highest BCUT2D eigenvalue weighted by Crippen LogP contribution is 2.36. The van der Waals surface area contributed by atoms with E-state index in [1.807, 2.05) is 30.3 Å². The summed E-state index contributed by atoms with van der Waals surface area (Å²) >= 11 is 6.26. The Morgan fingerprint density at radius 2 is 2.00 bits per heavy atom. The Morgan fingerprint density at radius 3 is 2.72 bits per heavy atom. The van der Waals surface area contributed by atoms with E-state index >= 15 is 0 Å². The number of fused-ring (bicyclic) bond motifs is 1. The predicted molar refractivity (Wildman–Crippen MR) is 94.2 cm³/mol. The maximum Gasteiger partial charge on any atom is 0.226 e. The van der Waals surface area contributed by atoms with Crippen molar-refractivity contribution in [3.05, 3.63) is 76.8 Å². The van der Waals surface area contributed by atoms with Crippen molar-refractivity contribution in [3.8, 4) is 5.75 Å². The molecule has 2 heterocycles. The lowest BCUT2D eigenvalue weighted by atomic mass is 10.0. The summed E-state index contributed by atoms with van der Waals surface area (Å²) in [6.07, 6.45) is 3.31. The van der Waals surface area contributed by atoms with Crippen molar-refractivity contribution in [2.45, 2.75) is 6.04 Å². The van der Waals surface area contributed by atoms with Crippen LogP contribution in [0.25, 0.3) is 5.70 Å². The lowest BCUT2D eigenvalue weighted by Crippen LogP contribution is -2.21. The second kappa shape index (κ2) is 6.22. The zero-order valence-corrected chi connectivity index (χ0v) is 14.0. The van der Waals surface area contributed by atoms with E-state index in [1.165, 1.54) is 12.4 Å². The number of rotatable bonds is 3. The third-order valence-corrected chi connectivity index (χ3v) is 4.43. The number of nitrogens with zero attached hydrogens (tertiary/aromatic N) is 3. The predicted octanol–water partition coefficient (Wildman–Crippen LogP) is 4.14. The molecule has 0 saturated heterocycles. The summed E-state index contributed by atoms with van der Waals surface area (Å²) in [6.45, 7) is 0. The van der Waals surface area contributed by atoms with Crippen LogP contribution in [-0.4, -0.2) is 21.9 Å². The third-order valence-electron chi connectivity index (χ3n) is 4.10. The van der Waals surface area contributed by atoms with Crippen LogP contribution in [0.5, 0.6) is 5.75 Å². The number of nitrogens with one attached hydrogen (secondary N) is 1. The molecule has 1 atom stereocenters. The van der Waals surface area contributed by atoms with Gasteiger partial charge in [0.1, 0.15) is 23.9 Å². The number of methoxy groups -OCH3 is 1. The Bertz CT molecular complexity index is 932. The SMILES string of the molecule is COc1ccc(C2=CC(c3c(F)cccc3Cl)n3ncnc3N2)cc1. The molecule has 1 unspecified atom stereocenters. The summed E-state index contributed by atoms with van der Waals surface area (Å²) in [5.74, 6) is 0.904. The summed E-state index contributed by atoms with van der Waals surface area (Å²) in [5.41, 5.74) is 2.09. The summed E-state index contributed by atoms with van der Waals surface area (Å²) in [4.78, 5) is 4.21. The smallest absolute Gasteiger partial charge is 0.226 e. The molecule has 1 aliphatic heterocycles. The summed E-state index contributed by atoms with van der Waals surface area (Å²) in [7, 11) is 1.62. The van der Waals surface area contributed by atoms with E-state index in [1.54, 1.807) is 23.9 Å². The molecular weight excluding hydrogens is 343 g/mol. The maximum atomic E-state index is 14.5. The molecule has 0 saturated carbocycles. The number of halogens is 2. The quantitative estimate of drug-likeness (QED) is 0.766. The average molecular weight is 357 g/mol. The van der Waals surface area contributed by atoms with Crippen molar-refractivity contribution in [1.29, 1.82) is 0 Å². The van der Waals surface area contributed by atoms with Gasteiger partial charge in [0.25, 0.3) is 0 Å². The van der Waals surface area contributed by atoms with Crippen molar-refractivity contribution in [2.75, 3.05) is 12.4 Å². The molecule has 1 aromatic heterocycles. The van der Waals surface area contributed by atoms with E-state index in [-0.39, 0.29) is 5.82 Å². The fourth-order valence-corrected chi connectivity index (χ4v) is 3.15. The summed E-state index contributed by atoms with van der Waals surface area (Å²) in [6, 6.07) is 11.7. The molecule has 0 fully saturated rings. The van der Waals surface area contributed by atoms with Gasteiger partial charge in [-0.05, 0) is 48.0 Å². The van der Waals surface area contributed by atoms with Crippen LogP contribution in [0.15, 0.2) is 54.9 Å². The van der Waals surface area contributed by atoms with E-state index in [0.717, 1.165) is 17.0 Å². The molecule has 25 heavy (non-hydrogen) atoms. The molecule has 5 nitrogen and oxygen atoms in total. The van der Waals surface area contributed by atoms with E-state index in [0.29, 0.717) is 16.5 Å². The lowest BCUT2D eigenvalue weighted by molar-refractivity contribution is 0.415. The molecule has 0 bridgehead atoms. The minimum Gasteiger partial charge on any atom is -0.497 e. The topological polar surface area (TPSA) is 52.0 Å². The van der Waals surface area contributed by atoms with Gasteiger partial charge in [0, 0.05) is 16.3 Å². The Hall–Kier alpha value is -2.86. The number of hydrogen-bond acceptors (Lipinski definition) is 4. The second-order valence-corrected chi connectivity index (χ2v) is 5.95. The average Bonchev–Trinajstić information content (AvgIpc) is 3.10. The van der Waals surface area contributed by atoms with Crippen molar-refractivity contribution in [1.82, 2.24) is 14.8 Å². The second-order valence-electron chi connectivity index (χ2n) is 5.54. The van der Waals surface area contributed by atoms with Gasteiger partial charge in [-0.2, -0.15) is 10.1 Å². The number of ether oxygens (including phenoxy) is 1. The largest absolute Gasteiger partial charge is 0.497 e. The van der Waals surface area contributed by atoms with Gasteiger partial charge in [0.15, 0.2) is 0 Å². The molecule has 0 spiro atoms. The standard InChI is InChI=1S/C18H14ClFN4O/c1-25-12-7-5-11(6-8-12)15-9-16(24-18(23-15)21-10-22-24)17-13(19)3-2-4-14(17)20/h2-10,16H,1H3,(H,21,22,23). The third kappa shape index (κ3) is 2.74. The fraction of sp³-hybridized carbons (Fsp3) is 0.111. The molecule has 2 aromatic carbocycles. The number of aromatic nitrogens is 3. The van der Waals surface area contributed by atoms with Crippen LogP contribution < -0.4 is 10.1 Å². The molecule has 4 rings (SSSR count). The van der Waals surface area contributed by atoms with Crippen LogP contribution in [0, 0.1) is 5.82 Å². The minimum atomic E-state index is -0.496. The lowest BCUT2D eigenvalue weighted by Gasteiger charge is -2.25. The van der Waals surface area contributed by atoms with Crippen molar-refractivity contribution in [3.63, 3.8) is 0 Å². The molecule has 7 heteroatoms. The number of hydrogen-bond donors (Lipinski definition) is 1. The van der Waals surface area contributed by atoms with Crippen LogP contribution in [0.4, 0.5) is 10.3 Å². The van der Waals surface area contributed by atoms with E-state index in [2.05, 4.69) is 15.4 Å². The fourth-order valence-electron chi connectivity index (χ4n) is 2.87. The highest BCUT2D eigenvalue weighted by molar-refractivity contribution is 6.31. The first-order valence-electron chi connectivity index (χ1n) is 7.64. The van der Waals surface area contributed by atoms with E-state index in [4.69, 9.17) is 16.3 Å². The molecule has 1 aliphatic rings. The highest BCUT2D eigenvalue weighted by atomic mass is 35.5. The normalized spacial score (nSPS) is 16.0. The Morgan fingerprint density at radius 1 is 1.20 bits per heavy atom. The Balaban J connectivity index is 1.83. The number of anilines is 1. The van der Waals surface area contributed by atoms with E-state index < -0.39 is 6.04 Å². The van der Waals surface area contributed by atoms with Gasteiger partial charge < -0.3 is 10.1 Å². The van der Waals surface area contributed by atoms with Crippen LogP contribution in [-0.2, 0) is 0 Å². The van der Waals surface area contributed by atoms with Crippen LogP contribution >= 0.6 is 11.6 Å². The minimum absolute atomic E-state index is 0.346. The van der Waals surface area contributed by atoms with Gasteiger partial charge in [-0.25, -0.2) is 9.07 Å². The van der Waals surface area contributed by atoms with Crippen LogP contribution in [0.3, 0.4) is 0 Å². The van der Waals surface area contributed by atoms with Gasteiger partial charge in [0.05, 0.1) is 7.11 Å². The van der Waals surface area contributed by atoms with Crippen molar-refractivity contribution >= 4 is 23.2 Å². The zero-order chi connectivity index (χ0) is 17.4.